The second-order valence-electron chi connectivity index (χ2n) is 6.42. The average molecular weight is 340 g/mol. The van der Waals surface area contributed by atoms with Crippen LogP contribution in [0.1, 0.15) is 12.8 Å². The number of para-hydroxylation sites is 2. The summed E-state index contributed by atoms with van der Waals surface area (Å²) in [6.45, 7) is 1.52. The van der Waals surface area contributed by atoms with E-state index in [0.29, 0.717) is 23.2 Å². The van der Waals surface area contributed by atoms with Crippen LogP contribution in [0.4, 0.5) is 10.5 Å². The molecule has 0 saturated carbocycles. The van der Waals surface area contributed by atoms with E-state index in [2.05, 4.69) is 29.3 Å². The van der Waals surface area contributed by atoms with E-state index < -0.39 is 0 Å². The summed E-state index contributed by atoms with van der Waals surface area (Å²) in [5, 5.41) is 2.98. The lowest BCUT2D eigenvalue weighted by molar-refractivity contribution is 0.148. The predicted molar refractivity (Wildman–Crippen MR) is 98.1 cm³/mol. The number of aromatic nitrogens is 1. The molecule has 1 aromatic heterocycles. The lowest BCUT2D eigenvalue weighted by atomic mass is 10.1. The minimum Gasteiger partial charge on any atom is -0.454 e. The van der Waals surface area contributed by atoms with Gasteiger partial charge >= 0.3 is 6.03 Å². The van der Waals surface area contributed by atoms with Crippen molar-refractivity contribution in [2.45, 2.75) is 18.9 Å². The summed E-state index contributed by atoms with van der Waals surface area (Å²) >= 11 is 0. The fraction of sp³-hybridized carbons (Fsp3) is 0.368. The normalized spacial score (nSPS) is 17.4. The van der Waals surface area contributed by atoms with Crippen LogP contribution in [0.3, 0.4) is 0 Å². The van der Waals surface area contributed by atoms with Crippen LogP contribution in [0.15, 0.2) is 48.8 Å². The Balaban J connectivity index is 1.69. The van der Waals surface area contributed by atoms with Gasteiger partial charge in [-0.2, -0.15) is 0 Å². The average Bonchev–Trinajstić information content (AvgIpc) is 2.64. The highest BCUT2D eigenvalue weighted by molar-refractivity contribution is 5.91. The Morgan fingerprint density at radius 1 is 1.28 bits per heavy atom. The molecule has 1 saturated heterocycles. The van der Waals surface area contributed by atoms with Crippen LogP contribution in [0, 0.1) is 0 Å². The van der Waals surface area contributed by atoms with Gasteiger partial charge in [-0.15, -0.1) is 0 Å². The van der Waals surface area contributed by atoms with Crippen LogP contribution in [0.2, 0.25) is 0 Å². The van der Waals surface area contributed by atoms with Crippen LogP contribution >= 0.6 is 0 Å². The number of carbonyl (C=O) groups is 1. The van der Waals surface area contributed by atoms with Crippen molar-refractivity contribution in [3.05, 3.63) is 48.8 Å². The summed E-state index contributed by atoms with van der Waals surface area (Å²) in [5.41, 5.74) is 0.656. The number of urea groups is 1. The Morgan fingerprint density at radius 2 is 2.12 bits per heavy atom. The molecule has 6 nitrogen and oxygen atoms in total. The Labute approximate surface area is 148 Å². The number of carbonyl (C=O) groups excluding carboxylic acids is 1. The zero-order chi connectivity index (χ0) is 17.6. The molecular formula is C19H24N4O2. The van der Waals surface area contributed by atoms with Gasteiger partial charge in [-0.25, -0.2) is 4.79 Å². The highest BCUT2D eigenvalue weighted by Gasteiger charge is 2.25. The van der Waals surface area contributed by atoms with Crippen molar-refractivity contribution >= 4 is 11.7 Å². The topological polar surface area (TPSA) is 57.7 Å². The summed E-state index contributed by atoms with van der Waals surface area (Å²) < 4.78 is 5.85. The fourth-order valence-corrected chi connectivity index (χ4v) is 2.95. The van der Waals surface area contributed by atoms with Gasteiger partial charge in [0.2, 0.25) is 0 Å². The third-order valence-electron chi connectivity index (χ3n) is 4.40. The van der Waals surface area contributed by atoms with E-state index in [1.54, 1.807) is 12.4 Å². The number of piperidine rings is 1. The summed E-state index contributed by atoms with van der Waals surface area (Å²) in [6, 6.07) is 11.4. The van der Waals surface area contributed by atoms with Crippen molar-refractivity contribution in [2.24, 2.45) is 0 Å². The number of pyridine rings is 1. The maximum absolute atomic E-state index is 12.7. The molecule has 25 heavy (non-hydrogen) atoms. The first kappa shape index (κ1) is 17.2. The van der Waals surface area contributed by atoms with Gasteiger partial charge in [-0.1, -0.05) is 12.1 Å². The summed E-state index contributed by atoms with van der Waals surface area (Å²) in [5.74, 6) is 1.24. The lowest BCUT2D eigenvalue weighted by Gasteiger charge is -2.36. The van der Waals surface area contributed by atoms with E-state index in [0.717, 1.165) is 25.9 Å². The molecule has 1 aliphatic rings. The van der Waals surface area contributed by atoms with E-state index in [4.69, 9.17) is 4.74 Å². The number of nitrogens with one attached hydrogen (secondary N) is 1. The van der Waals surface area contributed by atoms with Crippen molar-refractivity contribution in [3.8, 4) is 11.5 Å². The fourth-order valence-electron chi connectivity index (χ4n) is 2.95. The van der Waals surface area contributed by atoms with E-state index in [-0.39, 0.29) is 6.03 Å². The minimum atomic E-state index is -0.0891. The van der Waals surface area contributed by atoms with Gasteiger partial charge in [0.15, 0.2) is 5.75 Å². The van der Waals surface area contributed by atoms with Crippen LogP contribution in [0.5, 0.6) is 11.5 Å². The third kappa shape index (κ3) is 4.48. The second-order valence-corrected chi connectivity index (χ2v) is 6.42. The maximum atomic E-state index is 12.7. The molecule has 1 fully saturated rings. The molecule has 2 aromatic rings. The van der Waals surface area contributed by atoms with Crippen LogP contribution in [0.25, 0.3) is 0 Å². The monoisotopic (exact) mass is 340 g/mol. The number of likely N-dealkylation sites (N-methyl/N-ethyl adjacent to an activating group) is 1. The molecule has 0 bridgehead atoms. The van der Waals surface area contributed by atoms with Gasteiger partial charge in [0, 0.05) is 25.3 Å². The van der Waals surface area contributed by atoms with Crippen molar-refractivity contribution in [2.75, 3.05) is 32.5 Å². The van der Waals surface area contributed by atoms with Gasteiger partial charge in [0.05, 0.1) is 11.9 Å². The van der Waals surface area contributed by atoms with E-state index in [1.807, 2.05) is 41.3 Å². The Bertz CT molecular complexity index is 706. The zero-order valence-electron chi connectivity index (χ0n) is 14.7. The highest BCUT2D eigenvalue weighted by atomic mass is 16.5. The number of anilines is 1. The van der Waals surface area contributed by atoms with E-state index in [1.165, 1.54) is 0 Å². The van der Waals surface area contributed by atoms with Gasteiger partial charge in [-0.3, -0.25) is 4.98 Å². The van der Waals surface area contributed by atoms with Crippen molar-refractivity contribution in [3.63, 3.8) is 0 Å². The molecule has 0 radical (unpaired) electrons. The standard InChI is InChI=1S/C19H24N4O2/c1-22(2)15-7-6-12-23(14-15)19(24)21-17-9-3-4-10-18(17)25-16-8-5-11-20-13-16/h3-5,8-11,13,15H,6-7,12,14H2,1-2H3,(H,21,24)/t15-/m0/s1. The van der Waals surface area contributed by atoms with Crippen LogP contribution in [-0.4, -0.2) is 54.0 Å². The highest BCUT2D eigenvalue weighted by Crippen LogP contribution is 2.29. The molecule has 1 N–H and O–H groups in total. The third-order valence-corrected chi connectivity index (χ3v) is 4.40. The maximum Gasteiger partial charge on any atom is 0.322 e. The smallest absolute Gasteiger partial charge is 0.322 e. The van der Waals surface area contributed by atoms with Crippen LogP contribution < -0.4 is 10.1 Å². The van der Waals surface area contributed by atoms with Gasteiger partial charge in [-0.05, 0) is 51.2 Å². The van der Waals surface area contributed by atoms with E-state index >= 15 is 0 Å². The van der Waals surface area contributed by atoms with Gasteiger partial charge in [0.1, 0.15) is 5.75 Å². The molecule has 1 aliphatic heterocycles. The van der Waals surface area contributed by atoms with Gasteiger partial charge < -0.3 is 19.9 Å². The second kappa shape index (κ2) is 7.98. The zero-order valence-corrected chi connectivity index (χ0v) is 14.7. The lowest BCUT2D eigenvalue weighted by Crippen LogP contribution is -2.48. The molecule has 0 aliphatic carbocycles. The number of benzene rings is 1. The molecule has 1 aromatic carbocycles. The first-order valence-corrected chi connectivity index (χ1v) is 8.53. The van der Waals surface area contributed by atoms with Crippen molar-refractivity contribution in [1.82, 2.24) is 14.8 Å². The Hall–Kier alpha value is -2.60. The number of ether oxygens (including phenoxy) is 1. The molecule has 132 valence electrons. The number of hydrogen-bond donors (Lipinski definition) is 1. The first-order chi connectivity index (χ1) is 12.1. The van der Waals surface area contributed by atoms with Crippen molar-refractivity contribution in [1.29, 1.82) is 0 Å². The molecular weight excluding hydrogens is 316 g/mol. The van der Waals surface area contributed by atoms with Crippen LogP contribution in [-0.2, 0) is 0 Å². The molecule has 2 amide bonds. The van der Waals surface area contributed by atoms with Crippen molar-refractivity contribution < 1.29 is 9.53 Å². The van der Waals surface area contributed by atoms with E-state index in [9.17, 15) is 4.79 Å². The predicted octanol–water partition coefficient (Wildman–Crippen LogP) is 3.43. The number of amides is 2. The number of rotatable bonds is 4. The molecule has 1 atom stereocenters. The number of likely N-dealkylation sites (tertiary alicyclic amines) is 1. The molecule has 3 rings (SSSR count). The molecule has 6 heteroatoms. The number of hydrogen-bond acceptors (Lipinski definition) is 4. The SMILES string of the molecule is CN(C)[C@H]1CCCN(C(=O)Nc2ccccc2Oc2cccnc2)C1. The molecule has 2 heterocycles. The van der Waals surface area contributed by atoms with Gasteiger partial charge in [0.25, 0.3) is 0 Å². The first-order valence-electron chi connectivity index (χ1n) is 8.53. The quantitative estimate of drug-likeness (QED) is 0.926. The Kier molecular flexibility index (Phi) is 5.50. The summed E-state index contributed by atoms with van der Waals surface area (Å²) in [7, 11) is 4.12. The number of nitrogens with zero attached hydrogens (tertiary/aromatic N) is 3. The minimum absolute atomic E-state index is 0.0891. The summed E-state index contributed by atoms with van der Waals surface area (Å²) in [6.07, 6.45) is 5.48. The Morgan fingerprint density at radius 3 is 2.88 bits per heavy atom. The molecule has 0 unspecified atom stereocenters. The summed E-state index contributed by atoms with van der Waals surface area (Å²) in [4.78, 5) is 20.8. The molecule has 0 spiro atoms. The largest absolute Gasteiger partial charge is 0.454 e.